The van der Waals surface area contributed by atoms with Gasteiger partial charge in [-0.05, 0) is 54.4 Å². The Morgan fingerprint density at radius 3 is 2.62 bits per heavy atom. The Hall–Kier alpha value is -2.79. The minimum absolute atomic E-state index is 0.0546. The molecule has 0 aliphatic rings. The van der Waals surface area contributed by atoms with Crippen LogP contribution >= 0.6 is 11.6 Å². The van der Waals surface area contributed by atoms with Crippen LogP contribution in [0.5, 0.6) is 0 Å². The van der Waals surface area contributed by atoms with Gasteiger partial charge in [-0.1, -0.05) is 18.5 Å². The number of H-pyrrole nitrogens is 1. The molecule has 3 aromatic rings. The number of aromatic amines is 1. The molecule has 0 aliphatic carbocycles. The first-order valence-corrected chi connectivity index (χ1v) is 8.88. The van der Waals surface area contributed by atoms with Crippen molar-refractivity contribution < 1.29 is 9.59 Å². The maximum absolute atomic E-state index is 12.3. The summed E-state index contributed by atoms with van der Waals surface area (Å²) in [4.78, 5) is 26.8. The molecule has 2 amide bonds. The highest BCUT2D eigenvalue weighted by Gasteiger charge is 2.08. The average Bonchev–Trinajstić information content (AvgIpc) is 3.04. The van der Waals surface area contributed by atoms with Crippen molar-refractivity contribution in [2.45, 2.75) is 19.8 Å². The first kappa shape index (κ1) is 18.0. The summed E-state index contributed by atoms with van der Waals surface area (Å²) in [5.74, 6) is -0.197. The molecule has 134 valence electrons. The molecular formula is C20H20ClN3O2. The van der Waals surface area contributed by atoms with E-state index in [0.717, 1.165) is 16.5 Å². The predicted octanol–water partition coefficient (Wildman–Crippen LogP) is 4.14. The van der Waals surface area contributed by atoms with Gasteiger partial charge in [0.1, 0.15) is 0 Å². The van der Waals surface area contributed by atoms with Crippen LogP contribution in [0.3, 0.4) is 0 Å². The van der Waals surface area contributed by atoms with E-state index in [-0.39, 0.29) is 11.8 Å². The van der Waals surface area contributed by atoms with E-state index in [9.17, 15) is 9.59 Å². The fourth-order valence-electron chi connectivity index (χ4n) is 2.72. The minimum Gasteiger partial charge on any atom is -0.361 e. The van der Waals surface area contributed by atoms with E-state index in [4.69, 9.17) is 11.6 Å². The van der Waals surface area contributed by atoms with Crippen LogP contribution in [0.2, 0.25) is 5.02 Å². The molecule has 1 aromatic heterocycles. The van der Waals surface area contributed by atoms with Crippen LogP contribution < -0.4 is 10.6 Å². The number of benzene rings is 2. The molecule has 0 saturated heterocycles. The zero-order valence-corrected chi connectivity index (χ0v) is 15.2. The van der Waals surface area contributed by atoms with Crippen molar-refractivity contribution in [2.24, 2.45) is 0 Å². The number of anilines is 1. The van der Waals surface area contributed by atoms with Crippen molar-refractivity contribution in [1.82, 2.24) is 10.3 Å². The monoisotopic (exact) mass is 369 g/mol. The van der Waals surface area contributed by atoms with Crippen molar-refractivity contribution in [3.8, 4) is 0 Å². The molecule has 0 radical (unpaired) electrons. The summed E-state index contributed by atoms with van der Waals surface area (Å²) >= 11 is 6.06. The van der Waals surface area contributed by atoms with E-state index in [0.29, 0.717) is 35.7 Å². The average molecular weight is 370 g/mol. The van der Waals surface area contributed by atoms with E-state index in [2.05, 4.69) is 15.6 Å². The van der Waals surface area contributed by atoms with E-state index >= 15 is 0 Å². The van der Waals surface area contributed by atoms with Crippen molar-refractivity contribution >= 4 is 40.0 Å². The molecule has 26 heavy (non-hydrogen) atoms. The third kappa shape index (κ3) is 4.24. The number of rotatable bonds is 6. The lowest BCUT2D eigenvalue weighted by Gasteiger charge is -2.07. The van der Waals surface area contributed by atoms with Crippen LogP contribution in [-0.2, 0) is 11.2 Å². The van der Waals surface area contributed by atoms with Crippen molar-refractivity contribution in [2.75, 3.05) is 11.9 Å². The summed E-state index contributed by atoms with van der Waals surface area (Å²) < 4.78 is 0. The fourth-order valence-corrected chi connectivity index (χ4v) is 2.90. The van der Waals surface area contributed by atoms with Gasteiger partial charge in [0.15, 0.2) is 0 Å². The summed E-state index contributed by atoms with van der Waals surface area (Å²) in [7, 11) is 0. The predicted molar refractivity (Wildman–Crippen MR) is 105 cm³/mol. The minimum atomic E-state index is -0.142. The Labute approximate surface area is 156 Å². The van der Waals surface area contributed by atoms with Gasteiger partial charge in [-0.3, -0.25) is 9.59 Å². The number of hydrogen-bond acceptors (Lipinski definition) is 2. The second kappa shape index (κ2) is 8.06. The SMILES string of the molecule is CCC(=O)Nc1ccc(C(=O)NCCc2c[nH]c3ccc(Cl)cc23)cc1. The summed E-state index contributed by atoms with van der Waals surface area (Å²) in [6.45, 7) is 2.31. The highest BCUT2D eigenvalue weighted by atomic mass is 35.5. The van der Waals surface area contributed by atoms with Crippen LogP contribution in [0.15, 0.2) is 48.7 Å². The molecule has 2 aromatic carbocycles. The van der Waals surface area contributed by atoms with Gasteiger partial charge in [0.25, 0.3) is 5.91 Å². The summed E-state index contributed by atoms with van der Waals surface area (Å²) in [6, 6.07) is 12.6. The van der Waals surface area contributed by atoms with Gasteiger partial charge in [-0.2, -0.15) is 0 Å². The Morgan fingerprint density at radius 1 is 1.12 bits per heavy atom. The molecule has 5 nitrogen and oxygen atoms in total. The zero-order valence-electron chi connectivity index (χ0n) is 14.4. The van der Waals surface area contributed by atoms with Crippen LogP contribution in [-0.4, -0.2) is 23.3 Å². The molecule has 0 fully saturated rings. The van der Waals surface area contributed by atoms with Crippen molar-refractivity contribution in [3.05, 3.63) is 64.8 Å². The number of nitrogens with one attached hydrogen (secondary N) is 3. The fraction of sp³-hybridized carbons (Fsp3) is 0.200. The van der Waals surface area contributed by atoms with Crippen molar-refractivity contribution in [3.63, 3.8) is 0 Å². The second-order valence-electron chi connectivity index (χ2n) is 5.99. The second-order valence-corrected chi connectivity index (χ2v) is 6.43. The third-order valence-corrected chi connectivity index (χ3v) is 4.40. The molecule has 0 atom stereocenters. The zero-order chi connectivity index (χ0) is 18.5. The molecule has 0 bridgehead atoms. The molecule has 0 aliphatic heterocycles. The lowest BCUT2D eigenvalue weighted by molar-refractivity contribution is -0.115. The van der Waals surface area contributed by atoms with E-state index in [1.165, 1.54) is 0 Å². The maximum atomic E-state index is 12.3. The Balaban J connectivity index is 1.56. The quantitative estimate of drug-likeness (QED) is 0.610. The molecule has 0 unspecified atom stereocenters. The first-order valence-electron chi connectivity index (χ1n) is 8.50. The standard InChI is InChI=1S/C20H20ClN3O2/c1-2-19(25)24-16-6-3-13(4-7-16)20(26)22-10-9-14-12-23-18-8-5-15(21)11-17(14)18/h3-8,11-12,23H,2,9-10H2,1H3,(H,22,26)(H,24,25). The summed E-state index contributed by atoms with van der Waals surface area (Å²) in [6.07, 6.45) is 3.07. The van der Waals surface area contributed by atoms with Crippen molar-refractivity contribution in [1.29, 1.82) is 0 Å². The third-order valence-electron chi connectivity index (χ3n) is 4.16. The normalized spacial score (nSPS) is 10.7. The Bertz CT molecular complexity index is 932. The smallest absolute Gasteiger partial charge is 0.251 e. The number of hydrogen-bond donors (Lipinski definition) is 3. The van der Waals surface area contributed by atoms with Gasteiger partial charge in [-0.15, -0.1) is 0 Å². The lowest BCUT2D eigenvalue weighted by atomic mass is 10.1. The number of halogens is 1. The van der Waals surface area contributed by atoms with E-state index < -0.39 is 0 Å². The van der Waals surface area contributed by atoms with Crippen LogP contribution in [0.1, 0.15) is 29.3 Å². The highest BCUT2D eigenvalue weighted by molar-refractivity contribution is 6.31. The van der Waals surface area contributed by atoms with Gasteiger partial charge in [0.05, 0.1) is 0 Å². The summed E-state index contributed by atoms with van der Waals surface area (Å²) in [5.41, 5.74) is 3.38. The number of carbonyl (C=O) groups excluding carboxylic acids is 2. The number of fused-ring (bicyclic) bond motifs is 1. The molecular weight excluding hydrogens is 350 g/mol. The van der Waals surface area contributed by atoms with Crippen LogP contribution in [0.4, 0.5) is 5.69 Å². The van der Waals surface area contributed by atoms with Crippen LogP contribution in [0, 0.1) is 0 Å². The number of amides is 2. The molecule has 6 heteroatoms. The number of aromatic nitrogens is 1. The number of carbonyl (C=O) groups is 2. The molecule has 3 rings (SSSR count). The molecule has 0 spiro atoms. The highest BCUT2D eigenvalue weighted by Crippen LogP contribution is 2.22. The largest absolute Gasteiger partial charge is 0.361 e. The summed E-state index contributed by atoms with van der Waals surface area (Å²) in [5, 5.41) is 7.44. The molecule has 0 saturated carbocycles. The van der Waals surface area contributed by atoms with Crippen LogP contribution in [0.25, 0.3) is 10.9 Å². The van der Waals surface area contributed by atoms with E-state index in [1.807, 2.05) is 24.4 Å². The Kier molecular flexibility index (Phi) is 5.58. The van der Waals surface area contributed by atoms with Gasteiger partial charge in [0.2, 0.25) is 5.91 Å². The first-order chi connectivity index (χ1) is 12.6. The van der Waals surface area contributed by atoms with Gasteiger partial charge >= 0.3 is 0 Å². The maximum Gasteiger partial charge on any atom is 0.251 e. The molecule has 3 N–H and O–H groups in total. The van der Waals surface area contributed by atoms with Gasteiger partial charge < -0.3 is 15.6 Å². The van der Waals surface area contributed by atoms with Gasteiger partial charge in [0, 0.05) is 46.3 Å². The Morgan fingerprint density at radius 2 is 1.88 bits per heavy atom. The molecule has 1 heterocycles. The van der Waals surface area contributed by atoms with Gasteiger partial charge in [-0.25, -0.2) is 0 Å². The van der Waals surface area contributed by atoms with E-state index in [1.54, 1.807) is 31.2 Å². The lowest BCUT2D eigenvalue weighted by Crippen LogP contribution is -2.25. The topological polar surface area (TPSA) is 74.0 Å².